The van der Waals surface area contributed by atoms with Gasteiger partial charge >= 0.3 is 0 Å². The minimum absolute atomic E-state index is 0.0136. The number of Topliss-reactive ketones (excluding diaryl/α,β-unsaturated/α-hetero) is 1. The number of ether oxygens (including phenoxy) is 1. The molecule has 1 aliphatic heterocycles. The second-order valence-corrected chi connectivity index (χ2v) is 10.5. The highest BCUT2D eigenvalue weighted by atomic mass is 16.5. The summed E-state index contributed by atoms with van der Waals surface area (Å²) in [6, 6.07) is 17.4. The van der Waals surface area contributed by atoms with Gasteiger partial charge in [0.2, 0.25) is 0 Å². The highest BCUT2D eigenvalue weighted by Crippen LogP contribution is 2.52. The molecular weight excluding hydrogens is 392 g/mol. The van der Waals surface area contributed by atoms with Gasteiger partial charge in [-0.1, -0.05) is 73.5 Å². The first-order valence-electron chi connectivity index (χ1n) is 11.8. The van der Waals surface area contributed by atoms with Gasteiger partial charge in [0, 0.05) is 24.3 Å². The third-order valence-corrected chi connectivity index (χ3v) is 7.05. The number of aryl methyl sites for hydroxylation is 2. The lowest BCUT2D eigenvalue weighted by Crippen LogP contribution is -2.33. The summed E-state index contributed by atoms with van der Waals surface area (Å²) in [5, 5.41) is 0. The molecule has 0 amide bonds. The molecule has 0 spiro atoms. The number of ketones is 1. The standard InChI is InChI=1S/C30H32O2/c1-19-8-12-21(13-9-19)16-23-6-5-7-24-27(22-14-10-20(2)11-15-22)28-25(31)17-30(3,4)18-26(28)32-29(23)24/h8-16,27H,5-7,17-18H2,1-4H3/b23-16+. The van der Waals surface area contributed by atoms with Crippen LogP contribution in [0.1, 0.15) is 74.1 Å². The molecule has 2 nitrogen and oxygen atoms in total. The van der Waals surface area contributed by atoms with E-state index in [0.29, 0.717) is 6.42 Å². The molecule has 164 valence electrons. The Hall–Kier alpha value is -2.87. The van der Waals surface area contributed by atoms with E-state index in [1.54, 1.807) is 0 Å². The third-order valence-electron chi connectivity index (χ3n) is 7.05. The van der Waals surface area contributed by atoms with Gasteiger partial charge in [0.1, 0.15) is 11.5 Å². The Kier molecular flexibility index (Phi) is 5.20. The van der Waals surface area contributed by atoms with Crippen molar-refractivity contribution in [3.63, 3.8) is 0 Å². The smallest absolute Gasteiger partial charge is 0.163 e. The highest BCUT2D eigenvalue weighted by Gasteiger charge is 2.43. The quantitative estimate of drug-likeness (QED) is 0.496. The van der Waals surface area contributed by atoms with Crippen LogP contribution in [0.5, 0.6) is 0 Å². The average Bonchev–Trinajstić information content (AvgIpc) is 2.74. The summed E-state index contributed by atoms with van der Waals surface area (Å²) in [7, 11) is 0. The van der Waals surface area contributed by atoms with Crippen LogP contribution in [0.3, 0.4) is 0 Å². The number of carbonyl (C=O) groups is 1. The summed E-state index contributed by atoms with van der Waals surface area (Å²) in [6.45, 7) is 8.57. The van der Waals surface area contributed by atoms with Crippen molar-refractivity contribution in [3.8, 4) is 0 Å². The summed E-state index contributed by atoms with van der Waals surface area (Å²) in [4.78, 5) is 13.4. The molecule has 32 heavy (non-hydrogen) atoms. The molecule has 5 rings (SSSR count). The van der Waals surface area contributed by atoms with Gasteiger partial charge in [0.15, 0.2) is 5.78 Å². The average molecular weight is 425 g/mol. The van der Waals surface area contributed by atoms with Gasteiger partial charge < -0.3 is 4.74 Å². The van der Waals surface area contributed by atoms with E-state index in [1.807, 2.05) is 0 Å². The number of hydrogen-bond donors (Lipinski definition) is 0. The fraction of sp³-hybridized carbons (Fsp3) is 0.367. The Morgan fingerprint density at radius 3 is 2.25 bits per heavy atom. The predicted octanol–water partition coefficient (Wildman–Crippen LogP) is 7.58. The SMILES string of the molecule is Cc1ccc(/C=C2\CCCC3=C2OC2=C(C(=O)CC(C)(C)C2)C3c2ccc(C)cc2)cc1. The molecule has 0 aromatic heterocycles. The van der Waals surface area contributed by atoms with Crippen molar-refractivity contribution in [2.45, 2.75) is 65.7 Å². The van der Waals surface area contributed by atoms with Crippen molar-refractivity contribution in [1.29, 1.82) is 0 Å². The van der Waals surface area contributed by atoms with Crippen molar-refractivity contribution < 1.29 is 9.53 Å². The number of allylic oxidation sites excluding steroid dienone is 4. The zero-order chi connectivity index (χ0) is 22.5. The number of carbonyl (C=O) groups excluding carboxylic acids is 1. The molecule has 0 radical (unpaired) electrons. The van der Waals surface area contributed by atoms with E-state index < -0.39 is 0 Å². The Balaban J connectivity index is 1.65. The number of rotatable bonds is 2. The van der Waals surface area contributed by atoms with E-state index in [0.717, 1.165) is 42.8 Å². The van der Waals surface area contributed by atoms with E-state index in [9.17, 15) is 4.79 Å². The minimum atomic E-state index is -0.0681. The monoisotopic (exact) mass is 424 g/mol. The first-order valence-corrected chi connectivity index (χ1v) is 11.8. The van der Waals surface area contributed by atoms with E-state index in [-0.39, 0.29) is 17.1 Å². The molecule has 2 aromatic carbocycles. The number of benzene rings is 2. The van der Waals surface area contributed by atoms with Gasteiger partial charge in [-0.3, -0.25) is 4.79 Å². The molecular formula is C30H32O2. The van der Waals surface area contributed by atoms with Crippen LogP contribution in [-0.4, -0.2) is 5.78 Å². The van der Waals surface area contributed by atoms with E-state index in [1.165, 1.54) is 33.4 Å². The van der Waals surface area contributed by atoms with E-state index >= 15 is 0 Å². The summed E-state index contributed by atoms with van der Waals surface area (Å²) >= 11 is 0. The maximum Gasteiger partial charge on any atom is 0.163 e. The number of hydrogen-bond acceptors (Lipinski definition) is 2. The first-order chi connectivity index (χ1) is 15.3. The topological polar surface area (TPSA) is 26.3 Å². The van der Waals surface area contributed by atoms with Gasteiger partial charge in [0.05, 0.1) is 0 Å². The largest absolute Gasteiger partial charge is 0.461 e. The molecule has 0 fully saturated rings. The first kappa shape index (κ1) is 21.0. The lowest BCUT2D eigenvalue weighted by atomic mass is 9.68. The second-order valence-electron chi connectivity index (χ2n) is 10.5. The van der Waals surface area contributed by atoms with Crippen LogP contribution in [0.2, 0.25) is 0 Å². The normalized spacial score (nSPS) is 23.7. The Morgan fingerprint density at radius 1 is 0.906 bits per heavy atom. The predicted molar refractivity (Wildman–Crippen MR) is 130 cm³/mol. The van der Waals surface area contributed by atoms with Gasteiger partial charge in [-0.2, -0.15) is 0 Å². The van der Waals surface area contributed by atoms with Crippen LogP contribution < -0.4 is 0 Å². The van der Waals surface area contributed by atoms with Crippen LogP contribution in [-0.2, 0) is 9.53 Å². The molecule has 2 heteroatoms. The third kappa shape index (κ3) is 3.88. The molecule has 1 atom stereocenters. The summed E-state index contributed by atoms with van der Waals surface area (Å²) in [6.07, 6.45) is 6.75. The molecule has 1 heterocycles. The van der Waals surface area contributed by atoms with Crippen LogP contribution in [0.4, 0.5) is 0 Å². The molecule has 0 N–H and O–H groups in total. The van der Waals surface area contributed by atoms with Crippen molar-refractivity contribution in [2.75, 3.05) is 0 Å². The Morgan fingerprint density at radius 2 is 1.56 bits per heavy atom. The second kappa shape index (κ2) is 7.92. The molecule has 0 bridgehead atoms. The van der Waals surface area contributed by atoms with E-state index in [2.05, 4.69) is 82.3 Å². The molecule has 2 aromatic rings. The van der Waals surface area contributed by atoms with Crippen molar-refractivity contribution in [2.24, 2.45) is 5.41 Å². The van der Waals surface area contributed by atoms with Crippen LogP contribution >= 0.6 is 0 Å². The Bertz CT molecular complexity index is 1150. The van der Waals surface area contributed by atoms with Gasteiger partial charge in [-0.25, -0.2) is 0 Å². The maximum absolute atomic E-state index is 13.4. The van der Waals surface area contributed by atoms with Crippen molar-refractivity contribution in [1.82, 2.24) is 0 Å². The summed E-state index contributed by atoms with van der Waals surface area (Å²) < 4.78 is 6.65. The molecule has 1 unspecified atom stereocenters. The minimum Gasteiger partial charge on any atom is -0.461 e. The molecule has 2 aliphatic carbocycles. The lowest BCUT2D eigenvalue weighted by Gasteiger charge is -2.41. The van der Waals surface area contributed by atoms with Crippen LogP contribution in [0, 0.1) is 19.3 Å². The lowest BCUT2D eigenvalue weighted by molar-refractivity contribution is -0.119. The fourth-order valence-corrected chi connectivity index (χ4v) is 5.43. The van der Waals surface area contributed by atoms with Gasteiger partial charge in [-0.05, 0) is 66.9 Å². The fourth-order valence-electron chi connectivity index (χ4n) is 5.43. The molecule has 0 saturated heterocycles. The van der Waals surface area contributed by atoms with Crippen LogP contribution in [0.15, 0.2) is 76.8 Å². The zero-order valence-corrected chi connectivity index (χ0v) is 19.6. The van der Waals surface area contributed by atoms with Crippen molar-refractivity contribution >= 4 is 11.9 Å². The van der Waals surface area contributed by atoms with Crippen LogP contribution in [0.25, 0.3) is 6.08 Å². The van der Waals surface area contributed by atoms with Gasteiger partial charge in [-0.15, -0.1) is 0 Å². The van der Waals surface area contributed by atoms with E-state index in [4.69, 9.17) is 4.74 Å². The van der Waals surface area contributed by atoms with Gasteiger partial charge in [0.25, 0.3) is 0 Å². The Labute approximate surface area is 191 Å². The van der Waals surface area contributed by atoms with Crippen molar-refractivity contribution in [3.05, 3.63) is 99.0 Å². The highest BCUT2D eigenvalue weighted by molar-refractivity contribution is 6.00. The molecule has 0 saturated carbocycles. The summed E-state index contributed by atoms with van der Waals surface area (Å²) in [5.41, 5.74) is 8.30. The zero-order valence-electron chi connectivity index (χ0n) is 19.6. The summed E-state index contributed by atoms with van der Waals surface area (Å²) in [5.74, 6) is 2.18. The maximum atomic E-state index is 13.4. The molecule has 3 aliphatic rings.